The number of nitrogens with zero attached hydrogens (tertiary/aromatic N) is 1. The second-order valence-corrected chi connectivity index (χ2v) is 5.81. The lowest BCUT2D eigenvalue weighted by molar-refractivity contribution is 0.100. The van der Waals surface area contributed by atoms with Gasteiger partial charge in [-0.2, -0.15) is 0 Å². The highest BCUT2D eigenvalue weighted by atomic mass is 32.1. The first-order chi connectivity index (χ1) is 10.0. The molecule has 0 radical (unpaired) electrons. The monoisotopic (exact) mass is 298 g/mol. The van der Waals surface area contributed by atoms with E-state index in [1.807, 2.05) is 19.1 Å². The van der Waals surface area contributed by atoms with Gasteiger partial charge in [-0.05, 0) is 42.8 Å². The number of fused-ring (bicyclic) bond motifs is 1. The number of nitrogen functional groups attached to an aromatic ring is 1. The molecular weight excluding hydrogens is 284 g/mol. The Balaban J connectivity index is 1.98. The number of hydrogen-bond donors (Lipinski definition) is 3. The van der Waals surface area contributed by atoms with Crippen molar-refractivity contribution in [1.29, 1.82) is 0 Å². The van der Waals surface area contributed by atoms with Crippen molar-refractivity contribution in [3.05, 3.63) is 47.5 Å². The minimum absolute atomic E-state index is 0.406. The maximum atomic E-state index is 11.2. The van der Waals surface area contributed by atoms with Crippen LogP contribution in [0.4, 0.5) is 16.5 Å². The van der Waals surface area contributed by atoms with Crippen LogP contribution in [0.15, 0.2) is 36.4 Å². The van der Waals surface area contributed by atoms with E-state index in [0.29, 0.717) is 16.9 Å². The van der Waals surface area contributed by atoms with Crippen molar-refractivity contribution >= 4 is 44.0 Å². The first kappa shape index (κ1) is 13.4. The molecule has 21 heavy (non-hydrogen) atoms. The van der Waals surface area contributed by atoms with Gasteiger partial charge < -0.3 is 16.8 Å². The van der Waals surface area contributed by atoms with Gasteiger partial charge in [-0.1, -0.05) is 17.4 Å². The summed E-state index contributed by atoms with van der Waals surface area (Å²) >= 11 is 1.54. The molecule has 0 fully saturated rings. The first-order valence-electron chi connectivity index (χ1n) is 6.36. The van der Waals surface area contributed by atoms with Crippen molar-refractivity contribution < 1.29 is 4.79 Å². The zero-order valence-electron chi connectivity index (χ0n) is 11.4. The molecule has 0 aliphatic heterocycles. The quantitative estimate of drug-likeness (QED) is 0.648. The molecule has 0 aliphatic rings. The van der Waals surface area contributed by atoms with Crippen molar-refractivity contribution in [2.45, 2.75) is 6.92 Å². The van der Waals surface area contributed by atoms with Gasteiger partial charge in [0.1, 0.15) is 0 Å². The van der Waals surface area contributed by atoms with Crippen LogP contribution in [0.1, 0.15) is 15.9 Å². The summed E-state index contributed by atoms with van der Waals surface area (Å²) in [6.45, 7) is 2.04. The summed E-state index contributed by atoms with van der Waals surface area (Å²) in [6, 6.07) is 11.0. The van der Waals surface area contributed by atoms with E-state index in [0.717, 1.165) is 15.3 Å². The normalized spacial score (nSPS) is 10.7. The second kappa shape index (κ2) is 5.06. The molecule has 0 unspecified atom stereocenters. The lowest BCUT2D eigenvalue weighted by Gasteiger charge is -2.07. The molecule has 1 aromatic heterocycles. The standard InChI is InChI=1S/C15H14N4OS/c1-8-2-5-11-13(6-8)21-15(18-11)19-12-7-9(14(17)20)3-4-10(12)16/h2-7H,16H2,1H3,(H2,17,20)(H,18,19). The third-order valence-corrected chi connectivity index (χ3v) is 4.06. The van der Waals surface area contributed by atoms with Gasteiger partial charge in [-0.3, -0.25) is 4.79 Å². The molecule has 0 atom stereocenters. The largest absolute Gasteiger partial charge is 0.397 e. The number of carbonyl (C=O) groups excluding carboxylic acids is 1. The molecule has 2 aromatic carbocycles. The maximum absolute atomic E-state index is 11.2. The Bertz CT molecular complexity index is 841. The van der Waals surface area contributed by atoms with E-state index in [9.17, 15) is 4.79 Å². The van der Waals surface area contributed by atoms with Crippen LogP contribution in [0.5, 0.6) is 0 Å². The Morgan fingerprint density at radius 2 is 2.05 bits per heavy atom. The summed E-state index contributed by atoms with van der Waals surface area (Å²) in [4.78, 5) is 15.7. The summed E-state index contributed by atoms with van der Waals surface area (Å²) < 4.78 is 1.10. The van der Waals surface area contributed by atoms with Gasteiger partial charge in [0, 0.05) is 5.56 Å². The van der Waals surface area contributed by atoms with Gasteiger partial charge in [-0.15, -0.1) is 0 Å². The van der Waals surface area contributed by atoms with Crippen molar-refractivity contribution in [3.8, 4) is 0 Å². The molecule has 3 aromatic rings. The summed E-state index contributed by atoms with van der Waals surface area (Å²) in [5.74, 6) is -0.488. The number of rotatable bonds is 3. The number of primary amides is 1. The molecule has 0 bridgehead atoms. The number of nitrogens with two attached hydrogens (primary N) is 2. The average Bonchev–Trinajstić information content (AvgIpc) is 2.82. The van der Waals surface area contributed by atoms with E-state index < -0.39 is 5.91 Å². The molecule has 0 saturated heterocycles. The number of nitrogens with one attached hydrogen (secondary N) is 1. The molecule has 3 rings (SSSR count). The van der Waals surface area contributed by atoms with Gasteiger partial charge in [0.05, 0.1) is 21.6 Å². The van der Waals surface area contributed by atoms with Gasteiger partial charge in [-0.25, -0.2) is 4.98 Å². The molecule has 6 heteroatoms. The van der Waals surface area contributed by atoms with Crippen molar-refractivity contribution in [2.75, 3.05) is 11.1 Å². The van der Waals surface area contributed by atoms with Crippen LogP contribution in [-0.4, -0.2) is 10.9 Å². The fourth-order valence-electron chi connectivity index (χ4n) is 2.02. The van der Waals surface area contributed by atoms with E-state index in [1.54, 1.807) is 18.2 Å². The number of thiazole rings is 1. The number of aryl methyl sites for hydroxylation is 1. The highest BCUT2D eigenvalue weighted by molar-refractivity contribution is 7.22. The van der Waals surface area contributed by atoms with E-state index >= 15 is 0 Å². The fraction of sp³-hybridized carbons (Fsp3) is 0.0667. The zero-order chi connectivity index (χ0) is 15.0. The van der Waals surface area contributed by atoms with Crippen LogP contribution in [0.25, 0.3) is 10.2 Å². The number of hydrogen-bond acceptors (Lipinski definition) is 5. The molecule has 0 spiro atoms. The predicted octanol–water partition coefficient (Wildman–Crippen LogP) is 3.03. The van der Waals surface area contributed by atoms with Gasteiger partial charge in [0.2, 0.25) is 5.91 Å². The lowest BCUT2D eigenvalue weighted by Crippen LogP contribution is -2.11. The number of benzene rings is 2. The molecular formula is C15H14N4OS. The molecule has 1 amide bonds. The number of anilines is 3. The Kier molecular flexibility index (Phi) is 3.23. The van der Waals surface area contributed by atoms with Gasteiger partial charge in [0.25, 0.3) is 0 Å². The Labute approximate surface area is 125 Å². The van der Waals surface area contributed by atoms with Gasteiger partial charge in [0.15, 0.2) is 5.13 Å². The summed E-state index contributed by atoms with van der Waals surface area (Å²) in [7, 11) is 0. The van der Waals surface area contributed by atoms with Crippen LogP contribution in [0, 0.1) is 6.92 Å². The van der Waals surface area contributed by atoms with Crippen molar-refractivity contribution in [1.82, 2.24) is 4.98 Å². The second-order valence-electron chi connectivity index (χ2n) is 4.78. The van der Waals surface area contributed by atoms with Gasteiger partial charge >= 0.3 is 0 Å². The van der Waals surface area contributed by atoms with Crippen LogP contribution < -0.4 is 16.8 Å². The topological polar surface area (TPSA) is 94.0 Å². The molecule has 5 nitrogen and oxygen atoms in total. The highest BCUT2D eigenvalue weighted by Gasteiger charge is 2.08. The Morgan fingerprint density at radius 1 is 1.24 bits per heavy atom. The van der Waals surface area contributed by atoms with E-state index in [1.165, 1.54) is 16.9 Å². The number of carbonyl (C=O) groups is 1. The van der Waals surface area contributed by atoms with Crippen molar-refractivity contribution in [3.63, 3.8) is 0 Å². The molecule has 1 heterocycles. The zero-order valence-corrected chi connectivity index (χ0v) is 12.2. The third kappa shape index (κ3) is 2.66. The summed E-state index contributed by atoms with van der Waals surface area (Å²) in [6.07, 6.45) is 0. The van der Waals surface area contributed by atoms with Crippen molar-refractivity contribution in [2.24, 2.45) is 5.73 Å². The van der Waals surface area contributed by atoms with E-state index in [-0.39, 0.29) is 0 Å². The van der Waals surface area contributed by atoms with E-state index in [4.69, 9.17) is 11.5 Å². The van der Waals surface area contributed by atoms with E-state index in [2.05, 4.69) is 16.4 Å². The number of amides is 1. The number of aromatic nitrogens is 1. The minimum Gasteiger partial charge on any atom is -0.397 e. The summed E-state index contributed by atoms with van der Waals surface area (Å²) in [5.41, 5.74) is 14.9. The molecule has 106 valence electrons. The van der Waals surface area contributed by atoms with Crippen LogP contribution in [0.3, 0.4) is 0 Å². The third-order valence-electron chi connectivity index (χ3n) is 3.12. The molecule has 5 N–H and O–H groups in total. The molecule has 0 saturated carbocycles. The first-order valence-corrected chi connectivity index (χ1v) is 7.18. The smallest absolute Gasteiger partial charge is 0.248 e. The SMILES string of the molecule is Cc1ccc2nc(Nc3cc(C(N)=O)ccc3N)sc2c1. The summed E-state index contributed by atoms with van der Waals surface area (Å²) in [5, 5.41) is 3.88. The Morgan fingerprint density at radius 3 is 2.81 bits per heavy atom. The predicted molar refractivity (Wildman–Crippen MR) is 87.0 cm³/mol. The van der Waals surface area contributed by atoms with Crippen LogP contribution in [-0.2, 0) is 0 Å². The fourth-order valence-corrected chi connectivity index (χ4v) is 2.99. The average molecular weight is 298 g/mol. The molecule has 0 aliphatic carbocycles. The van der Waals surface area contributed by atoms with Crippen LogP contribution in [0.2, 0.25) is 0 Å². The lowest BCUT2D eigenvalue weighted by atomic mass is 10.1. The van der Waals surface area contributed by atoms with Crippen LogP contribution >= 0.6 is 11.3 Å². The minimum atomic E-state index is -0.488. The highest BCUT2D eigenvalue weighted by Crippen LogP contribution is 2.31. The maximum Gasteiger partial charge on any atom is 0.248 e. The Hall–Kier alpha value is -2.60.